The molecule has 6 rings (SSSR count). The van der Waals surface area contributed by atoms with Gasteiger partial charge in [0.25, 0.3) is 5.91 Å². The highest BCUT2D eigenvalue weighted by Crippen LogP contribution is 2.34. The number of carbonyl (C=O) groups excluding carboxylic acids is 1. The van der Waals surface area contributed by atoms with Crippen molar-refractivity contribution < 1.29 is 23.5 Å². The molecule has 0 bridgehead atoms. The van der Waals surface area contributed by atoms with Gasteiger partial charge in [-0.1, -0.05) is 48.5 Å². The molecule has 0 aliphatic carbocycles. The predicted molar refractivity (Wildman–Crippen MR) is 160 cm³/mol. The lowest BCUT2D eigenvalue weighted by Crippen LogP contribution is -2.24. The molecule has 0 radical (unpaired) electrons. The molecule has 2 N–H and O–H groups in total. The minimum Gasteiger partial charge on any atom is -0.478 e. The molecule has 0 aliphatic rings. The fraction of sp³-hybridized carbons (Fsp3) is 0.0857. The maximum absolute atomic E-state index is 14.8. The Labute approximate surface area is 240 Å². The van der Waals surface area contributed by atoms with Crippen LogP contribution in [0.3, 0.4) is 0 Å². The molecule has 1 aromatic heterocycles. The number of carbonyl (C=O) groups is 2. The lowest BCUT2D eigenvalue weighted by atomic mass is 9.98. The van der Waals surface area contributed by atoms with Crippen molar-refractivity contribution in [1.29, 1.82) is 0 Å². The van der Waals surface area contributed by atoms with Gasteiger partial charge in [-0.25, -0.2) is 13.6 Å². The van der Waals surface area contributed by atoms with Crippen LogP contribution >= 0.6 is 0 Å². The lowest BCUT2D eigenvalue weighted by molar-refractivity contribution is 0.0696. The van der Waals surface area contributed by atoms with Crippen LogP contribution in [0.25, 0.3) is 32.8 Å². The molecule has 1 heterocycles. The summed E-state index contributed by atoms with van der Waals surface area (Å²) in [6.45, 7) is 2.20. The maximum atomic E-state index is 14.8. The second kappa shape index (κ2) is 10.9. The van der Waals surface area contributed by atoms with Crippen molar-refractivity contribution in [1.82, 2.24) is 9.88 Å². The maximum Gasteiger partial charge on any atom is 0.335 e. The van der Waals surface area contributed by atoms with Crippen molar-refractivity contribution >= 4 is 33.6 Å². The van der Waals surface area contributed by atoms with Gasteiger partial charge in [-0.2, -0.15) is 0 Å². The number of hydrogen-bond donors (Lipinski definition) is 2. The molecule has 0 unspecified atom stereocenters. The highest BCUT2D eigenvalue weighted by molar-refractivity contribution is 6.08. The molecular weight excluding hydrogens is 534 g/mol. The average molecular weight is 561 g/mol. The largest absolute Gasteiger partial charge is 0.478 e. The first kappa shape index (κ1) is 26.9. The monoisotopic (exact) mass is 560 g/mol. The Morgan fingerprint density at radius 3 is 2.36 bits per heavy atom. The topological polar surface area (TPSA) is 71.3 Å². The molecule has 0 fully saturated rings. The van der Waals surface area contributed by atoms with Crippen molar-refractivity contribution in [3.05, 3.63) is 143 Å². The molecule has 7 heteroatoms. The average Bonchev–Trinajstić information content (AvgIpc) is 3.44. The molecule has 1 atom stereocenters. The first-order chi connectivity index (χ1) is 20.3. The lowest BCUT2D eigenvalue weighted by Gasteiger charge is -2.19. The van der Waals surface area contributed by atoms with Gasteiger partial charge in [0.15, 0.2) is 0 Å². The molecule has 0 saturated heterocycles. The van der Waals surface area contributed by atoms with Crippen LogP contribution in [0.15, 0.2) is 109 Å². The second-order valence-corrected chi connectivity index (χ2v) is 10.3. The Morgan fingerprint density at radius 2 is 1.60 bits per heavy atom. The molecule has 0 spiro atoms. The Morgan fingerprint density at radius 1 is 0.833 bits per heavy atom. The van der Waals surface area contributed by atoms with Crippen LogP contribution in [0.1, 0.15) is 44.8 Å². The summed E-state index contributed by atoms with van der Waals surface area (Å²) in [6.07, 6.45) is 1.90. The van der Waals surface area contributed by atoms with E-state index in [0.717, 1.165) is 40.1 Å². The minimum absolute atomic E-state index is 0.0607. The zero-order chi connectivity index (χ0) is 29.4. The number of benzene rings is 5. The third-order valence-corrected chi connectivity index (χ3v) is 7.62. The molecule has 1 amide bonds. The summed E-state index contributed by atoms with van der Waals surface area (Å²) in [6, 6.07) is 28.9. The van der Waals surface area contributed by atoms with Gasteiger partial charge in [0, 0.05) is 23.7 Å². The van der Waals surface area contributed by atoms with E-state index in [1.165, 1.54) is 12.1 Å². The molecule has 6 aromatic rings. The summed E-state index contributed by atoms with van der Waals surface area (Å²) in [5.74, 6) is -2.60. The SMILES string of the molecule is C[C@@H](c1ccc2ccccc2c1)n1ccc2cc(-c3cc(F)ccc3F)cc(C(=O)NCc3ccc(C(=O)O)cc3)c21. The summed E-state index contributed by atoms with van der Waals surface area (Å²) < 4.78 is 30.9. The normalized spacial score (nSPS) is 12.0. The van der Waals surface area contributed by atoms with Crippen LogP contribution in [0, 0.1) is 11.6 Å². The van der Waals surface area contributed by atoms with Crippen LogP contribution in [0.2, 0.25) is 0 Å². The van der Waals surface area contributed by atoms with Gasteiger partial charge in [-0.3, -0.25) is 4.79 Å². The van der Waals surface area contributed by atoms with Crippen LogP contribution < -0.4 is 5.32 Å². The van der Waals surface area contributed by atoms with Gasteiger partial charge in [0.2, 0.25) is 0 Å². The van der Waals surface area contributed by atoms with Gasteiger partial charge in [0.1, 0.15) is 11.6 Å². The van der Waals surface area contributed by atoms with Crippen LogP contribution in [-0.4, -0.2) is 21.6 Å². The van der Waals surface area contributed by atoms with E-state index >= 15 is 0 Å². The third-order valence-electron chi connectivity index (χ3n) is 7.62. The summed E-state index contributed by atoms with van der Waals surface area (Å²) in [7, 11) is 0. The van der Waals surface area contributed by atoms with Gasteiger partial charge < -0.3 is 15.0 Å². The number of nitrogens with one attached hydrogen (secondary N) is 1. The highest BCUT2D eigenvalue weighted by atomic mass is 19.1. The number of amides is 1. The summed E-state index contributed by atoms with van der Waals surface area (Å²) in [5, 5.41) is 15.0. The molecule has 0 aliphatic heterocycles. The van der Waals surface area contributed by atoms with Crippen molar-refractivity contribution in [2.24, 2.45) is 0 Å². The summed E-state index contributed by atoms with van der Waals surface area (Å²) in [4.78, 5) is 24.9. The Bertz CT molecular complexity index is 1980. The van der Waals surface area contributed by atoms with E-state index in [1.54, 1.807) is 24.3 Å². The third kappa shape index (κ3) is 5.12. The summed E-state index contributed by atoms with van der Waals surface area (Å²) >= 11 is 0. The number of halogens is 2. The van der Waals surface area contributed by atoms with Crippen molar-refractivity contribution in [2.45, 2.75) is 19.5 Å². The number of rotatable bonds is 7. The number of nitrogens with zero attached hydrogens (tertiary/aromatic N) is 1. The number of carboxylic acids is 1. The van der Waals surface area contributed by atoms with E-state index < -0.39 is 23.5 Å². The second-order valence-electron chi connectivity index (χ2n) is 10.3. The first-order valence-electron chi connectivity index (χ1n) is 13.5. The quantitative estimate of drug-likeness (QED) is 0.208. The molecular formula is C35H26F2N2O3. The van der Waals surface area contributed by atoms with Crippen LogP contribution in [-0.2, 0) is 6.54 Å². The molecule has 0 saturated carbocycles. The Balaban J connectivity index is 1.43. The van der Waals surface area contributed by atoms with Crippen molar-refractivity contribution in [3.8, 4) is 11.1 Å². The highest BCUT2D eigenvalue weighted by Gasteiger charge is 2.21. The number of aromatic nitrogens is 1. The van der Waals surface area contributed by atoms with Gasteiger partial charge in [-0.15, -0.1) is 0 Å². The molecule has 42 heavy (non-hydrogen) atoms. The Kier molecular flexibility index (Phi) is 7.00. The smallest absolute Gasteiger partial charge is 0.335 e. The predicted octanol–water partition coefficient (Wildman–Crippen LogP) is 7.98. The van der Waals surface area contributed by atoms with Gasteiger partial charge >= 0.3 is 5.97 Å². The zero-order valence-corrected chi connectivity index (χ0v) is 22.6. The Hall–Kier alpha value is -5.30. The fourth-order valence-corrected chi connectivity index (χ4v) is 5.35. The van der Waals surface area contributed by atoms with Crippen molar-refractivity contribution in [2.75, 3.05) is 0 Å². The number of hydrogen-bond acceptors (Lipinski definition) is 2. The number of fused-ring (bicyclic) bond motifs is 2. The minimum atomic E-state index is -1.03. The van der Waals surface area contributed by atoms with Crippen LogP contribution in [0.4, 0.5) is 8.78 Å². The van der Waals surface area contributed by atoms with E-state index in [4.69, 9.17) is 5.11 Å². The van der Waals surface area contributed by atoms with Crippen LogP contribution in [0.5, 0.6) is 0 Å². The van der Waals surface area contributed by atoms with E-state index in [1.807, 2.05) is 29.0 Å². The zero-order valence-electron chi connectivity index (χ0n) is 22.6. The van der Waals surface area contributed by atoms with Gasteiger partial charge in [-0.05, 0) is 89.0 Å². The molecule has 208 valence electrons. The van der Waals surface area contributed by atoms with E-state index in [-0.39, 0.29) is 23.7 Å². The standard InChI is InChI=1S/C35H26F2N2O3/c1-21(25-11-10-23-4-2-3-5-26(23)16-25)39-15-14-27-17-28(30-19-29(36)12-13-32(30)37)18-31(33(27)39)34(40)38-20-22-6-8-24(9-7-22)35(41)42/h2-19,21H,20H2,1H3,(H,38,40)(H,41,42)/t21-/m0/s1. The summed E-state index contributed by atoms with van der Waals surface area (Å²) in [5.41, 5.74) is 3.34. The molecule has 5 aromatic carbocycles. The number of aromatic carboxylic acids is 1. The first-order valence-corrected chi connectivity index (χ1v) is 13.5. The van der Waals surface area contributed by atoms with E-state index in [0.29, 0.717) is 22.0 Å². The van der Waals surface area contributed by atoms with Gasteiger partial charge in [0.05, 0.1) is 22.7 Å². The number of carboxylic acid groups (broad SMARTS) is 1. The van der Waals surface area contributed by atoms with E-state index in [9.17, 15) is 18.4 Å². The van der Waals surface area contributed by atoms with E-state index in [2.05, 4.69) is 42.6 Å². The fourth-order valence-electron chi connectivity index (χ4n) is 5.35. The van der Waals surface area contributed by atoms with Crippen molar-refractivity contribution in [3.63, 3.8) is 0 Å². The molecule has 5 nitrogen and oxygen atoms in total.